The second kappa shape index (κ2) is 12.1. The molecule has 0 spiro atoms. The average Bonchev–Trinajstić information content (AvgIpc) is 3.14. The van der Waals surface area contributed by atoms with Crippen LogP contribution in [-0.4, -0.2) is 11.1 Å². The van der Waals surface area contributed by atoms with Crippen LogP contribution in [0.5, 0.6) is 0 Å². The zero-order chi connectivity index (χ0) is 24.6. The number of hydrogen-bond donors (Lipinski definition) is 1. The Balaban J connectivity index is 0.000000320. The first-order chi connectivity index (χ1) is 15.6. The monoisotopic (exact) mass is 450 g/mol. The largest absolute Gasteiger partial charge is 0.481 e. The zero-order valence-electron chi connectivity index (χ0n) is 21.5. The normalized spacial score (nSPS) is 17.7. The Morgan fingerprint density at radius 2 is 1.64 bits per heavy atom. The number of benzene rings is 2. The van der Waals surface area contributed by atoms with Crippen molar-refractivity contribution in [3.63, 3.8) is 0 Å². The van der Waals surface area contributed by atoms with Crippen molar-refractivity contribution in [3.05, 3.63) is 71.5 Å². The number of aryl methyl sites for hydroxylation is 1. The lowest BCUT2D eigenvalue weighted by Crippen LogP contribution is -2.04. The molecule has 1 N–H and O–H groups in total. The molecule has 3 unspecified atom stereocenters. The third kappa shape index (κ3) is 8.38. The van der Waals surface area contributed by atoms with Crippen LogP contribution in [0.15, 0.2) is 59.2 Å². The number of carbonyl (C=O) groups is 1. The Hall–Kier alpha value is -2.55. The molecule has 3 aromatic rings. The summed E-state index contributed by atoms with van der Waals surface area (Å²) in [4.78, 5) is 9.00. The molecule has 3 heteroatoms. The van der Waals surface area contributed by atoms with E-state index in [4.69, 9.17) is 14.3 Å². The van der Waals surface area contributed by atoms with Gasteiger partial charge in [-0.1, -0.05) is 77.9 Å². The summed E-state index contributed by atoms with van der Waals surface area (Å²) in [6, 6.07) is 17.8. The minimum atomic E-state index is -0.833. The maximum absolute atomic E-state index is 9.00. The topological polar surface area (TPSA) is 50.4 Å². The highest BCUT2D eigenvalue weighted by atomic mass is 16.4. The van der Waals surface area contributed by atoms with Gasteiger partial charge in [0, 0.05) is 12.3 Å². The fraction of sp³-hybridized carbons (Fsp3) is 0.500. The molecule has 3 nitrogen and oxygen atoms in total. The summed E-state index contributed by atoms with van der Waals surface area (Å²) in [7, 11) is 0. The quantitative estimate of drug-likeness (QED) is 0.408. The lowest BCUT2D eigenvalue weighted by Gasteiger charge is -2.21. The second-order valence-corrected chi connectivity index (χ2v) is 10.2. The average molecular weight is 451 g/mol. The standard InChI is InChI=1S/C22H26O.C6H12.C2H4O2/c1-4-17-6-8-19(9-7-17)16(3)14-18(5-2)21-11-10-20-12-13-23-22(20)15-21;1-5-4-6(5,2)3;1-2(3)4/h6-13,15-16,18H,4-5,14H2,1-3H3;5H,4H2,1-3H3;1H3,(H,3,4). The highest BCUT2D eigenvalue weighted by Gasteiger charge is 2.41. The van der Waals surface area contributed by atoms with E-state index in [0.29, 0.717) is 17.3 Å². The minimum absolute atomic E-state index is 0.568. The van der Waals surface area contributed by atoms with Gasteiger partial charge in [0.15, 0.2) is 0 Å². The Labute approximate surface area is 200 Å². The van der Waals surface area contributed by atoms with E-state index in [1.165, 1.54) is 34.9 Å². The number of aliphatic carboxylic acids is 1. The number of fused-ring (bicyclic) bond motifs is 1. The molecule has 0 amide bonds. The van der Waals surface area contributed by atoms with Crippen LogP contribution in [0.25, 0.3) is 11.0 Å². The Morgan fingerprint density at radius 3 is 2.12 bits per heavy atom. The van der Waals surface area contributed by atoms with Crippen LogP contribution >= 0.6 is 0 Å². The maximum atomic E-state index is 9.00. The Morgan fingerprint density at radius 1 is 1.09 bits per heavy atom. The first-order valence-corrected chi connectivity index (χ1v) is 12.3. The summed E-state index contributed by atoms with van der Waals surface area (Å²) in [5.41, 5.74) is 5.96. The fourth-order valence-electron chi connectivity index (χ4n) is 4.14. The van der Waals surface area contributed by atoms with Gasteiger partial charge in [-0.05, 0) is 77.7 Å². The number of hydrogen-bond acceptors (Lipinski definition) is 2. The van der Waals surface area contributed by atoms with Gasteiger partial charge in [0.25, 0.3) is 5.97 Å². The van der Waals surface area contributed by atoms with E-state index in [1.54, 1.807) is 6.26 Å². The molecule has 1 fully saturated rings. The molecular formula is C30H42O3. The van der Waals surface area contributed by atoms with Crippen LogP contribution in [0.1, 0.15) is 96.3 Å². The van der Waals surface area contributed by atoms with Crippen LogP contribution in [0.4, 0.5) is 0 Å². The molecule has 1 saturated carbocycles. The van der Waals surface area contributed by atoms with E-state index < -0.39 is 5.97 Å². The summed E-state index contributed by atoms with van der Waals surface area (Å²) in [6.07, 6.45) is 6.65. The van der Waals surface area contributed by atoms with Crippen molar-refractivity contribution in [1.82, 2.24) is 0 Å². The zero-order valence-corrected chi connectivity index (χ0v) is 21.5. The van der Waals surface area contributed by atoms with Crippen molar-refractivity contribution in [3.8, 4) is 0 Å². The smallest absolute Gasteiger partial charge is 0.300 e. The molecule has 0 bridgehead atoms. The van der Waals surface area contributed by atoms with Gasteiger partial charge in [0.05, 0.1) is 6.26 Å². The van der Waals surface area contributed by atoms with Gasteiger partial charge in [-0.25, -0.2) is 0 Å². The van der Waals surface area contributed by atoms with Gasteiger partial charge < -0.3 is 9.52 Å². The minimum Gasteiger partial charge on any atom is -0.481 e. The molecule has 1 aliphatic rings. The van der Waals surface area contributed by atoms with E-state index in [-0.39, 0.29) is 0 Å². The van der Waals surface area contributed by atoms with Gasteiger partial charge in [-0.2, -0.15) is 0 Å². The Bertz CT molecular complexity index is 993. The highest BCUT2D eigenvalue weighted by molar-refractivity contribution is 5.77. The molecular weight excluding hydrogens is 408 g/mol. The third-order valence-corrected chi connectivity index (χ3v) is 7.05. The van der Waals surface area contributed by atoms with Gasteiger partial charge >= 0.3 is 0 Å². The molecule has 1 aromatic heterocycles. The summed E-state index contributed by atoms with van der Waals surface area (Å²) < 4.78 is 5.57. The number of furan rings is 1. The van der Waals surface area contributed by atoms with E-state index in [9.17, 15) is 0 Å². The van der Waals surface area contributed by atoms with Crippen LogP contribution in [0.2, 0.25) is 0 Å². The van der Waals surface area contributed by atoms with E-state index in [0.717, 1.165) is 31.3 Å². The molecule has 33 heavy (non-hydrogen) atoms. The molecule has 180 valence electrons. The van der Waals surface area contributed by atoms with Crippen LogP contribution < -0.4 is 0 Å². The number of rotatable bonds is 6. The Kier molecular flexibility index (Phi) is 9.76. The van der Waals surface area contributed by atoms with Crippen molar-refractivity contribution < 1.29 is 14.3 Å². The first kappa shape index (κ1) is 26.7. The molecule has 3 atom stereocenters. The van der Waals surface area contributed by atoms with Crippen molar-refractivity contribution >= 4 is 16.9 Å². The fourth-order valence-corrected chi connectivity index (χ4v) is 4.14. The molecule has 0 radical (unpaired) electrons. The number of carboxylic acids is 1. The lowest BCUT2D eigenvalue weighted by molar-refractivity contribution is -0.134. The van der Waals surface area contributed by atoms with Gasteiger partial charge in [-0.15, -0.1) is 0 Å². The summed E-state index contributed by atoms with van der Waals surface area (Å²) >= 11 is 0. The SMILES string of the molecule is CC(=O)O.CC1CC1(C)C.CCc1ccc(C(C)CC(CC)c2ccc3ccoc3c2)cc1. The van der Waals surface area contributed by atoms with E-state index in [1.807, 2.05) is 6.07 Å². The molecule has 2 aromatic carbocycles. The van der Waals surface area contributed by atoms with E-state index >= 15 is 0 Å². The van der Waals surface area contributed by atoms with Gasteiger partial charge in [0.1, 0.15) is 5.58 Å². The van der Waals surface area contributed by atoms with Crippen LogP contribution in [0, 0.1) is 11.3 Å². The van der Waals surface area contributed by atoms with E-state index in [2.05, 4.69) is 84.0 Å². The first-order valence-electron chi connectivity index (χ1n) is 12.3. The molecule has 0 saturated heterocycles. The van der Waals surface area contributed by atoms with Crippen LogP contribution in [0.3, 0.4) is 0 Å². The van der Waals surface area contributed by atoms with Gasteiger partial charge in [-0.3, -0.25) is 4.79 Å². The third-order valence-electron chi connectivity index (χ3n) is 7.05. The van der Waals surface area contributed by atoms with Crippen molar-refractivity contribution in [2.75, 3.05) is 0 Å². The molecule has 0 aliphatic heterocycles. The molecule has 1 aliphatic carbocycles. The summed E-state index contributed by atoms with van der Waals surface area (Å²) in [6.45, 7) is 14.9. The van der Waals surface area contributed by atoms with Gasteiger partial charge in [0.2, 0.25) is 0 Å². The summed E-state index contributed by atoms with van der Waals surface area (Å²) in [5, 5.41) is 8.60. The highest BCUT2D eigenvalue weighted by Crippen LogP contribution is 2.50. The predicted molar refractivity (Wildman–Crippen MR) is 139 cm³/mol. The van der Waals surface area contributed by atoms with Crippen molar-refractivity contribution in [1.29, 1.82) is 0 Å². The lowest BCUT2D eigenvalue weighted by atomic mass is 9.84. The summed E-state index contributed by atoms with van der Waals surface area (Å²) in [5.74, 6) is 1.31. The number of carboxylic acid groups (broad SMARTS) is 1. The second-order valence-electron chi connectivity index (χ2n) is 10.2. The molecule has 4 rings (SSSR count). The predicted octanol–water partition coefficient (Wildman–Crippen LogP) is 8.83. The van der Waals surface area contributed by atoms with Crippen LogP contribution in [-0.2, 0) is 11.2 Å². The molecule has 1 heterocycles. The van der Waals surface area contributed by atoms with Crippen molar-refractivity contribution in [2.45, 2.75) is 86.0 Å². The van der Waals surface area contributed by atoms with Crippen molar-refractivity contribution in [2.24, 2.45) is 11.3 Å². The maximum Gasteiger partial charge on any atom is 0.300 e.